The van der Waals surface area contributed by atoms with Gasteiger partial charge in [-0.1, -0.05) is 70.6 Å². The smallest absolute Gasteiger partial charge is 0.0842 e. The molecule has 0 bridgehead atoms. The molecule has 4 heteroatoms. The maximum Gasteiger partial charge on any atom is 0.0842 e. The molecule has 1 saturated heterocycles. The largest absolute Gasteiger partial charge is 0.232 e. The molecule has 0 atom stereocenters. The Bertz CT molecular complexity index is 98.8. The minimum atomic E-state index is 0.675. The number of nitrogens with one attached hydrogen (secondary N) is 2. The van der Waals surface area contributed by atoms with E-state index in [0.717, 1.165) is 13.0 Å². The summed E-state index contributed by atoms with van der Waals surface area (Å²) < 4.78 is 0. The summed E-state index contributed by atoms with van der Waals surface area (Å²) in [5.41, 5.74) is 5.63. The van der Waals surface area contributed by atoms with E-state index in [9.17, 15) is 0 Å². The first kappa shape index (κ1) is 16.9. The third kappa shape index (κ3) is 12.6. The minimum absolute atomic E-state index is 0.675. The predicted octanol–water partition coefficient (Wildman–Crippen LogP) is 4.03. The van der Waals surface area contributed by atoms with Crippen LogP contribution in [0.1, 0.15) is 83.5 Å². The quantitative estimate of drug-likeness (QED) is 0.653. The van der Waals surface area contributed by atoms with Gasteiger partial charge in [-0.3, -0.25) is 0 Å². The third-order valence-electron chi connectivity index (χ3n) is 3.70. The van der Waals surface area contributed by atoms with Crippen molar-refractivity contribution in [2.75, 3.05) is 13.2 Å². The van der Waals surface area contributed by atoms with Crippen LogP contribution in [-0.2, 0) is 9.88 Å². The SMILES string of the molecule is C1CCCCCCCNNOOCCCCCCC1. The Labute approximate surface area is 118 Å². The maximum absolute atomic E-state index is 5.03. The first-order chi connectivity index (χ1) is 9.50. The molecule has 0 aromatic rings. The second-order valence-corrected chi connectivity index (χ2v) is 5.53. The van der Waals surface area contributed by atoms with Crippen LogP contribution in [0.25, 0.3) is 0 Å². The van der Waals surface area contributed by atoms with Gasteiger partial charge in [0, 0.05) is 6.54 Å². The van der Waals surface area contributed by atoms with Crippen molar-refractivity contribution in [3.63, 3.8) is 0 Å². The van der Waals surface area contributed by atoms with Crippen molar-refractivity contribution in [1.82, 2.24) is 11.0 Å². The lowest BCUT2D eigenvalue weighted by Gasteiger charge is -2.06. The van der Waals surface area contributed by atoms with Gasteiger partial charge >= 0.3 is 0 Å². The molecular formula is C15H32N2O2. The number of rotatable bonds is 0. The van der Waals surface area contributed by atoms with Gasteiger partial charge in [-0.15, -0.1) is 10.6 Å². The third-order valence-corrected chi connectivity index (χ3v) is 3.70. The van der Waals surface area contributed by atoms with E-state index in [1.807, 2.05) is 0 Å². The van der Waals surface area contributed by atoms with Gasteiger partial charge in [-0.25, -0.2) is 10.3 Å². The molecule has 0 unspecified atom stereocenters. The monoisotopic (exact) mass is 272 g/mol. The first-order valence-corrected chi connectivity index (χ1v) is 8.26. The Morgan fingerprint density at radius 2 is 1.00 bits per heavy atom. The highest BCUT2D eigenvalue weighted by Gasteiger charge is 1.96. The first-order valence-electron chi connectivity index (χ1n) is 8.26. The molecule has 2 N–H and O–H groups in total. The van der Waals surface area contributed by atoms with Crippen molar-refractivity contribution < 1.29 is 9.88 Å². The van der Waals surface area contributed by atoms with Crippen LogP contribution in [0, 0.1) is 0 Å². The van der Waals surface area contributed by atoms with E-state index in [-0.39, 0.29) is 0 Å². The number of hydrogen-bond acceptors (Lipinski definition) is 4. The van der Waals surface area contributed by atoms with Crippen molar-refractivity contribution in [3.8, 4) is 0 Å². The van der Waals surface area contributed by atoms with Crippen molar-refractivity contribution in [3.05, 3.63) is 0 Å². The minimum Gasteiger partial charge on any atom is -0.232 e. The molecular weight excluding hydrogens is 240 g/mol. The summed E-state index contributed by atoms with van der Waals surface area (Å²) >= 11 is 0. The van der Waals surface area contributed by atoms with Crippen LogP contribution in [0.3, 0.4) is 0 Å². The molecule has 0 spiro atoms. The summed E-state index contributed by atoms with van der Waals surface area (Å²) in [6.07, 6.45) is 17.4. The topological polar surface area (TPSA) is 42.5 Å². The van der Waals surface area contributed by atoms with Crippen LogP contribution < -0.4 is 11.0 Å². The van der Waals surface area contributed by atoms with E-state index in [4.69, 9.17) is 9.88 Å². The number of hydrogen-bond donors (Lipinski definition) is 2. The zero-order chi connectivity index (χ0) is 13.4. The average molecular weight is 272 g/mol. The molecule has 1 fully saturated rings. The van der Waals surface area contributed by atoms with Crippen LogP contribution in [0.15, 0.2) is 0 Å². The second kappa shape index (κ2) is 14.3. The summed E-state index contributed by atoms with van der Waals surface area (Å²) in [6, 6.07) is 0. The van der Waals surface area contributed by atoms with E-state index in [2.05, 4.69) is 11.0 Å². The van der Waals surface area contributed by atoms with Gasteiger partial charge in [-0.05, 0) is 12.8 Å². The van der Waals surface area contributed by atoms with Gasteiger partial charge in [0.05, 0.1) is 6.61 Å². The van der Waals surface area contributed by atoms with Crippen LogP contribution in [-0.4, -0.2) is 13.2 Å². The highest BCUT2D eigenvalue weighted by Crippen LogP contribution is 2.12. The van der Waals surface area contributed by atoms with Gasteiger partial charge in [0.1, 0.15) is 0 Å². The molecule has 0 aromatic carbocycles. The molecule has 0 aromatic heterocycles. The van der Waals surface area contributed by atoms with E-state index in [0.29, 0.717) is 6.61 Å². The zero-order valence-corrected chi connectivity index (χ0v) is 12.4. The fraction of sp³-hybridized carbons (Fsp3) is 1.00. The van der Waals surface area contributed by atoms with Gasteiger partial charge in [0.15, 0.2) is 0 Å². The Kier molecular flexibility index (Phi) is 12.7. The van der Waals surface area contributed by atoms with E-state index in [1.165, 1.54) is 77.0 Å². The molecule has 1 rings (SSSR count). The lowest BCUT2D eigenvalue weighted by molar-refractivity contribution is -0.345. The molecule has 4 nitrogen and oxygen atoms in total. The Hall–Kier alpha value is -0.160. The highest BCUT2D eigenvalue weighted by atomic mass is 17.3. The van der Waals surface area contributed by atoms with Crippen molar-refractivity contribution in [2.24, 2.45) is 0 Å². The normalized spacial score (nSPS) is 24.0. The molecule has 114 valence electrons. The summed E-state index contributed by atoms with van der Waals surface area (Å²) in [4.78, 5) is 9.86. The van der Waals surface area contributed by atoms with Gasteiger partial charge < -0.3 is 0 Å². The second-order valence-electron chi connectivity index (χ2n) is 5.53. The summed E-state index contributed by atoms with van der Waals surface area (Å²) in [7, 11) is 0. The van der Waals surface area contributed by atoms with Crippen LogP contribution >= 0.6 is 0 Å². The molecule has 1 aliphatic rings. The van der Waals surface area contributed by atoms with Gasteiger partial charge in [0.25, 0.3) is 0 Å². The fourth-order valence-electron chi connectivity index (χ4n) is 2.47. The Morgan fingerprint density at radius 3 is 1.58 bits per heavy atom. The van der Waals surface area contributed by atoms with Crippen molar-refractivity contribution >= 4 is 0 Å². The standard InChI is InChI=1S/C15H32N2O2/c1-2-4-6-8-10-12-14-16-17-19-18-15-13-11-9-7-5-3-1/h16-17H,1-15H2. The lowest BCUT2D eigenvalue weighted by atomic mass is 10.0. The molecule has 0 amide bonds. The molecule has 1 heterocycles. The van der Waals surface area contributed by atoms with Crippen molar-refractivity contribution in [2.45, 2.75) is 83.5 Å². The molecule has 0 radical (unpaired) electrons. The molecule has 1 aliphatic heterocycles. The van der Waals surface area contributed by atoms with Crippen LogP contribution in [0.5, 0.6) is 0 Å². The van der Waals surface area contributed by atoms with Crippen LogP contribution in [0.2, 0.25) is 0 Å². The molecule has 0 aliphatic carbocycles. The molecule has 0 saturated carbocycles. The lowest BCUT2D eigenvalue weighted by Crippen LogP contribution is -2.32. The van der Waals surface area contributed by atoms with E-state index in [1.54, 1.807) is 0 Å². The average Bonchev–Trinajstić information content (AvgIpc) is 2.43. The molecule has 19 heavy (non-hydrogen) atoms. The van der Waals surface area contributed by atoms with Crippen LogP contribution in [0.4, 0.5) is 0 Å². The van der Waals surface area contributed by atoms with E-state index < -0.39 is 0 Å². The Balaban J connectivity index is 2.01. The van der Waals surface area contributed by atoms with Gasteiger partial charge in [-0.2, -0.15) is 0 Å². The predicted molar refractivity (Wildman–Crippen MR) is 78.2 cm³/mol. The summed E-state index contributed by atoms with van der Waals surface area (Å²) in [5.74, 6) is 0. The van der Waals surface area contributed by atoms with Gasteiger partial charge in [0.2, 0.25) is 0 Å². The summed E-state index contributed by atoms with van der Waals surface area (Å²) in [5, 5.41) is 0. The fourth-order valence-corrected chi connectivity index (χ4v) is 2.47. The number of hydrazine groups is 1. The maximum atomic E-state index is 5.03. The highest BCUT2D eigenvalue weighted by molar-refractivity contribution is 4.49. The van der Waals surface area contributed by atoms with E-state index >= 15 is 0 Å². The van der Waals surface area contributed by atoms with Crippen molar-refractivity contribution in [1.29, 1.82) is 0 Å². The Morgan fingerprint density at radius 1 is 0.526 bits per heavy atom. The zero-order valence-electron chi connectivity index (χ0n) is 12.4. The summed E-state index contributed by atoms with van der Waals surface area (Å²) in [6.45, 7) is 1.61.